The molecule has 0 atom stereocenters. The summed E-state index contributed by atoms with van der Waals surface area (Å²) >= 11 is 0. The third-order valence-corrected chi connectivity index (χ3v) is 3.91. The second-order valence-electron chi connectivity index (χ2n) is 5.87. The minimum absolute atomic E-state index is 0.309. The second-order valence-corrected chi connectivity index (χ2v) is 5.87. The van der Waals surface area contributed by atoms with Crippen molar-refractivity contribution in [3.05, 3.63) is 52.8 Å². The lowest BCUT2D eigenvalue weighted by Gasteiger charge is -2.10. The summed E-state index contributed by atoms with van der Waals surface area (Å²) in [6, 6.07) is 9.84. The van der Waals surface area contributed by atoms with E-state index in [1.165, 1.54) is 5.56 Å². The molecule has 0 unspecified atom stereocenters. The Labute approximate surface area is 147 Å². The van der Waals surface area contributed by atoms with E-state index in [0.29, 0.717) is 18.7 Å². The number of benzene rings is 1. The van der Waals surface area contributed by atoms with Crippen LogP contribution in [0.1, 0.15) is 27.3 Å². The number of ether oxygens (including phenoxy) is 2. The van der Waals surface area contributed by atoms with Gasteiger partial charge in [0.1, 0.15) is 0 Å². The number of nitrogens with zero attached hydrogens (tertiary/aromatic N) is 1. The first kappa shape index (κ1) is 18.7. The van der Waals surface area contributed by atoms with Gasteiger partial charge in [0.15, 0.2) is 6.61 Å². The monoisotopic (exact) mass is 344 g/mol. The number of rotatable bonds is 7. The Hall–Kier alpha value is -2.60. The maximum Gasteiger partial charge on any atom is 0.340 e. The minimum Gasteiger partial charge on any atom is -0.452 e. The number of methoxy groups -OCH3 is 1. The zero-order valence-corrected chi connectivity index (χ0v) is 15.1. The molecule has 1 aromatic heterocycles. The van der Waals surface area contributed by atoms with Crippen LogP contribution in [0, 0.1) is 20.8 Å². The van der Waals surface area contributed by atoms with Gasteiger partial charge in [-0.15, -0.1) is 0 Å². The Balaban J connectivity index is 2.07. The van der Waals surface area contributed by atoms with Crippen molar-refractivity contribution in [1.29, 1.82) is 0 Å². The molecule has 1 amide bonds. The minimum atomic E-state index is -0.506. The average Bonchev–Trinajstić information content (AvgIpc) is 2.88. The standard InChI is InChI=1S/C19H24N2O4/c1-13-5-7-16(8-6-13)21-14(2)11-17(15(21)3)19(23)25-12-18(22)20-9-10-24-4/h5-8,11H,9-10,12H2,1-4H3,(H,20,22). The largest absolute Gasteiger partial charge is 0.452 e. The first-order valence-corrected chi connectivity index (χ1v) is 8.12. The van der Waals surface area contributed by atoms with Crippen LogP contribution >= 0.6 is 0 Å². The fourth-order valence-corrected chi connectivity index (χ4v) is 2.61. The van der Waals surface area contributed by atoms with Crippen LogP contribution in [0.15, 0.2) is 30.3 Å². The molecule has 0 aliphatic carbocycles. The number of aryl methyl sites for hydroxylation is 2. The number of carbonyl (C=O) groups is 2. The van der Waals surface area contributed by atoms with Gasteiger partial charge in [-0.3, -0.25) is 4.79 Å². The number of hydrogen-bond donors (Lipinski definition) is 1. The fourth-order valence-electron chi connectivity index (χ4n) is 2.61. The van der Waals surface area contributed by atoms with Crippen LogP contribution in [0.2, 0.25) is 0 Å². The van der Waals surface area contributed by atoms with Gasteiger partial charge in [-0.2, -0.15) is 0 Å². The first-order chi connectivity index (χ1) is 11.9. The number of aromatic nitrogens is 1. The van der Waals surface area contributed by atoms with Gasteiger partial charge in [-0.25, -0.2) is 4.79 Å². The maximum absolute atomic E-state index is 12.3. The highest BCUT2D eigenvalue weighted by atomic mass is 16.5. The van der Waals surface area contributed by atoms with Gasteiger partial charge >= 0.3 is 5.97 Å². The van der Waals surface area contributed by atoms with E-state index in [0.717, 1.165) is 17.1 Å². The number of nitrogens with one attached hydrogen (secondary N) is 1. The predicted molar refractivity (Wildman–Crippen MR) is 95.1 cm³/mol. The highest BCUT2D eigenvalue weighted by Crippen LogP contribution is 2.21. The number of esters is 1. The van der Waals surface area contributed by atoms with Crippen LogP contribution in [-0.2, 0) is 14.3 Å². The summed E-state index contributed by atoms with van der Waals surface area (Å²) in [5.74, 6) is -0.855. The van der Waals surface area contributed by atoms with Crippen LogP contribution < -0.4 is 5.32 Å². The maximum atomic E-state index is 12.3. The van der Waals surface area contributed by atoms with Crippen LogP contribution in [0.4, 0.5) is 0 Å². The summed E-state index contributed by atoms with van der Waals surface area (Å²) in [7, 11) is 1.55. The molecule has 0 saturated carbocycles. The number of hydrogen-bond acceptors (Lipinski definition) is 4. The molecule has 0 radical (unpaired) electrons. The van der Waals surface area contributed by atoms with E-state index >= 15 is 0 Å². The van der Waals surface area contributed by atoms with E-state index in [-0.39, 0.29) is 12.5 Å². The van der Waals surface area contributed by atoms with Gasteiger partial charge in [0.25, 0.3) is 5.91 Å². The molecule has 25 heavy (non-hydrogen) atoms. The quantitative estimate of drug-likeness (QED) is 0.618. The van der Waals surface area contributed by atoms with Crippen molar-refractivity contribution in [2.75, 3.05) is 26.9 Å². The summed E-state index contributed by atoms with van der Waals surface area (Å²) in [5.41, 5.74) is 4.33. The van der Waals surface area contributed by atoms with E-state index in [4.69, 9.17) is 9.47 Å². The topological polar surface area (TPSA) is 69.6 Å². The summed E-state index contributed by atoms with van der Waals surface area (Å²) in [6.07, 6.45) is 0. The molecule has 0 spiro atoms. The van der Waals surface area contributed by atoms with E-state index in [9.17, 15) is 9.59 Å². The lowest BCUT2D eigenvalue weighted by molar-refractivity contribution is -0.124. The summed E-state index contributed by atoms with van der Waals surface area (Å²) in [6.45, 7) is 6.31. The molecule has 6 heteroatoms. The van der Waals surface area contributed by atoms with Gasteiger partial charge in [0, 0.05) is 30.7 Å². The smallest absolute Gasteiger partial charge is 0.340 e. The molecule has 0 aliphatic heterocycles. The summed E-state index contributed by atoms with van der Waals surface area (Å²) in [4.78, 5) is 23.9. The zero-order chi connectivity index (χ0) is 18.4. The molecule has 0 bridgehead atoms. The first-order valence-electron chi connectivity index (χ1n) is 8.12. The van der Waals surface area contributed by atoms with E-state index in [1.807, 2.05) is 49.6 Å². The molecule has 1 heterocycles. The molecule has 0 aliphatic rings. The normalized spacial score (nSPS) is 10.6. The highest BCUT2D eigenvalue weighted by molar-refractivity contribution is 5.93. The molecule has 6 nitrogen and oxygen atoms in total. The second kappa shape index (κ2) is 8.48. The Morgan fingerprint density at radius 1 is 1.12 bits per heavy atom. The zero-order valence-electron chi connectivity index (χ0n) is 15.1. The Morgan fingerprint density at radius 3 is 2.44 bits per heavy atom. The van der Waals surface area contributed by atoms with Crippen molar-refractivity contribution in [1.82, 2.24) is 9.88 Å². The lowest BCUT2D eigenvalue weighted by Crippen LogP contribution is -2.31. The molecule has 134 valence electrons. The summed E-state index contributed by atoms with van der Waals surface area (Å²) in [5, 5.41) is 2.61. The molecule has 2 aromatic rings. The van der Waals surface area contributed by atoms with Gasteiger partial charge in [0.05, 0.1) is 12.2 Å². The third-order valence-electron chi connectivity index (χ3n) is 3.91. The molecule has 0 saturated heterocycles. The van der Waals surface area contributed by atoms with Crippen LogP contribution in [0.25, 0.3) is 5.69 Å². The molecule has 1 aromatic carbocycles. The third kappa shape index (κ3) is 4.70. The Morgan fingerprint density at radius 2 is 1.80 bits per heavy atom. The molecule has 2 rings (SSSR count). The van der Waals surface area contributed by atoms with E-state index in [1.54, 1.807) is 13.2 Å². The van der Waals surface area contributed by atoms with Crippen LogP contribution in [0.5, 0.6) is 0 Å². The van der Waals surface area contributed by atoms with Crippen LogP contribution in [0.3, 0.4) is 0 Å². The SMILES string of the molecule is COCCNC(=O)COC(=O)c1cc(C)n(-c2ccc(C)cc2)c1C. The van der Waals surface area contributed by atoms with Crippen molar-refractivity contribution >= 4 is 11.9 Å². The average molecular weight is 344 g/mol. The molecular formula is C19H24N2O4. The van der Waals surface area contributed by atoms with Crippen molar-refractivity contribution < 1.29 is 19.1 Å². The van der Waals surface area contributed by atoms with Gasteiger partial charge in [-0.1, -0.05) is 17.7 Å². The predicted octanol–water partition coefficient (Wildman–Crippen LogP) is 2.32. The Bertz CT molecular complexity index is 748. The van der Waals surface area contributed by atoms with Crippen molar-refractivity contribution in [3.8, 4) is 5.69 Å². The Kier molecular flexibility index (Phi) is 6.36. The lowest BCUT2D eigenvalue weighted by atomic mass is 10.2. The van der Waals surface area contributed by atoms with E-state index in [2.05, 4.69) is 5.32 Å². The van der Waals surface area contributed by atoms with Crippen LogP contribution in [-0.4, -0.2) is 43.3 Å². The van der Waals surface area contributed by atoms with Crippen molar-refractivity contribution in [2.24, 2.45) is 0 Å². The molecule has 0 fully saturated rings. The number of carbonyl (C=O) groups excluding carboxylic acids is 2. The molecular weight excluding hydrogens is 320 g/mol. The van der Waals surface area contributed by atoms with Crippen molar-refractivity contribution in [3.63, 3.8) is 0 Å². The summed E-state index contributed by atoms with van der Waals surface area (Å²) < 4.78 is 12.0. The van der Waals surface area contributed by atoms with Gasteiger partial charge in [0.2, 0.25) is 0 Å². The number of amides is 1. The van der Waals surface area contributed by atoms with Crippen molar-refractivity contribution in [2.45, 2.75) is 20.8 Å². The van der Waals surface area contributed by atoms with E-state index < -0.39 is 5.97 Å². The highest BCUT2D eigenvalue weighted by Gasteiger charge is 2.18. The van der Waals surface area contributed by atoms with Gasteiger partial charge in [-0.05, 0) is 39.0 Å². The fraction of sp³-hybridized carbons (Fsp3) is 0.368. The molecule has 1 N–H and O–H groups in total. The van der Waals surface area contributed by atoms with Gasteiger partial charge < -0.3 is 19.4 Å².